The molecule has 0 amide bonds. The van der Waals surface area contributed by atoms with Gasteiger partial charge in [-0.2, -0.15) is 0 Å². The van der Waals surface area contributed by atoms with E-state index in [2.05, 4.69) is 32.3 Å². The fraction of sp³-hybridized carbons (Fsp3) is 0.423. The van der Waals surface area contributed by atoms with Gasteiger partial charge < -0.3 is 29.0 Å². The van der Waals surface area contributed by atoms with Crippen LogP contribution in [0.15, 0.2) is 48.9 Å². The molecule has 1 aliphatic rings. The molecule has 1 aliphatic heterocycles. The van der Waals surface area contributed by atoms with Gasteiger partial charge in [0.05, 0.1) is 20.3 Å². The van der Waals surface area contributed by atoms with Crippen molar-refractivity contribution in [2.75, 3.05) is 38.3 Å². The second kappa shape index (κ2) is 11.7. The second-order valence-electron chi connectivity index (χ2n) is 8.24. The Kier molecular flexibility index (Phi) is 8.20. The number of aromatic nitrogens is 3. The Labute approximate surface area is 206 Å². The molecule has 1 aromatic carbocycles. The highest BCUT2D eigenvalue weighted by Gasteiger charge is 2.26. The van der Waals surface area contributed by atoms with Crippen LogP contribution in [-0.4, -0.2) is 60.0 Å². The van der Waals surface area contributed by atoms with Crippen LogP contribution in [0.25, 0.3) is 5.69 Å². The van der Waals surface area contributed by atoms with Crippen LogP contribution in [-0.2, 0) is 11.3 Å². The van der Waals surface area contributed by atoms with Crippen molar-refractivity contribution in [1.82, 2.24) is 19.9 Å². The molecular weight excluding hydrogens is 446 g/mol. The van der Waals surface area contributed by atoms with Crippen molar-refractivity contribution in [2.45, 2.75) is 39.3 Å². The highest BCUT2D eigenvalue weighted by Crippen LogP contribution is 2.36. The van der Waals surface area contributed by atoms with Gasteiger partial charge in [0, 0.05) is 31.2 Å². The number of esters is 1. The van der Waals surface area contributed by atoms with Crippen LogP contribution < -0.4 is 19.7 Å². The molecular formula is C26H33N5O4. The Bertz CT molecular complexity index is 1090. The number of ether oxygens (including phenoxy) is 3. The van der Waals surface area contributed by atoms with Crippen molar-refractivity contribution in [3.8, 4) is 17.2 Å². The molecule has 9 heteroatoms. The highest BCUT2D eigenvalue weighted by molar-refractivity contribution is 5.87. The standard InChI is InChI=1S/C26H33N5O4/c1-4-34-22-16-19(17-23(35-5-2)24(22)30-14-6-7-15-30)18-31(20-8-11-27-12-9-20)26-28-13-10-21(29-26)25(32)33-3/h6-7,10,13-17,20,27H,4-5,8-9,11-12,18H2,1-3H3. The van der Waals surface area contributed by atoms with E-state index in [1.165, 1.54) is 7.11 Å². The topological polar surface area (TPSA) is 90.7 Å². The summed E-state index contributed by atoms with van der Waals surface area (Å²) in [5, 5.41) is 3.41. The summed E-state index contributed by atoms with van der Waals surface area (Å²) in [6, 6.07) is 9.86. The molecule has 0 bridgehead atoms. The lowest BCUT2D eigenvalue weighted by Gasteiger charge is -2.35. The van der Waals surface area contributed by atoms with E-state index in [1.54, 1.807) is 12.3 Å². The maximum atomic E-state index is 12.1. The predicted molar refractivity (Wildman–Crippen MR) is 134 cm³/mol. The Morgan fingerprint density at radius 3 is 2.37 bits per heavy atom. The van der Waals surface area contributed by atoms with Gasteiger partial charge in [-0.1, -0.05) is 0 Å². The molecule has 3 heterocycles. The molecule has 1 N–H and O–H groups in total. The van der Waals surface area contributed by atoms with E-state index in [0.717, 1.165) is 48.7 Å². The number of methoxy groups -OCH3 is 1. The number of hydrogen-bond donors (Lipinski definition) is 1. The number of anilines is 1. The first kappa shape index (κ1) is 24.5. The van der Waals surface area contributed by atoms with Gasteiger partial charge in [0.25, 0.3) is 0 Å². The van der Waals surface area contributed by atoms with Gasteiger partial charge >= 0.3 is 5.97 Å². The maximum absolute atomic E-state index is 12.1. The van der Waals surface area contributed by atoms with E-state index < -0.39 is 5.97 Å². The summed E-state index contributed by atoms with van der Waals surface area (Å²) >= 11 is 0. The van der Waals surface area contributed by atoms with Crippen molar-refractivity contribution < 1.29 is 19.0 Å². The van der Waals surface area contributed by atoms with Gasteiger partial charge in [-0.25, -0.2) is 14.8 Å². The molecule has 0 saturated carbocycles. The first-order valence-electron chi connectivity index (χ1n) is 12.1. The third-order valence-electron chi connectivity index (χ3n) is 5.96. The van der Waals surface area contributed by atoms with Crippen LogP contribution >= 0.6 is 0 Å². The van der Waals surface area contributed by atoms with Gasteiger partial charge in [-0.05, 0) is 75.7 Å². The monoisotopic (exact) mass is 479 g/mol. The van der Waals surface area contributed by atoms with Crippen LogP contribution in [0.4, 0.5) is 5.95 Å². The second-order valence-corrected chi connectivity index (χ2v) is 8.24. The first-order chi connectivity index (χ1) is 17.1. The Balaban J connectivity index is 1.75. The van der Waals surface area contributed by atoms with E-state index in [9.17, 15) is 4.79 Å². The SMILES string of the molecule is CCOc1cc(CN(c2nccc(C(=O)OC)n2)C2CCNCC2)cc(OCC)c1-n1cccc1. The minimum atomic E-state index is -0.479. The van der Waals surface area contributed by atoms with Crippen LogP contribution in [0, 0.1) is 0 Å². The van der Waals surface area contributed by atoms with Gasteiger partial charge in [-0.15, -0.1) is 0 Å². The minimum Gasteiger partial charge on any atom is -0.492 e. The molecule has 0 atom stereocenters. The lowest BCUT2D eigenvalue weighted by atomic mass is 10.0. The molecule has 3 aromatic rings. The molecule has 0 aliphatic carbocycles. The summed E-state index contributed by atoms with van der Waals surface area (Å²) in [5.74, 6) is 1.52. The third kappa shape index (κ3) is 5.74. The summed E-state index contributed by atoms with van der Waals surface area (Å²) in [7, 11) is 1.35. The first-order valence-corrected chi connectivity index (χ1v) is 12.1. The summed E-state index contributed by atoms with van der Waals surface area (Å²) in [6.07, 6.45) is 7.46. The van der Waals surface area contributed by atoms with E-state index in [-0.39, 0.29) is 11.7 Å². The van der Waals surface area contributed by atoms with Crippen LogP contribution in [0.2, 0.25) is 0 Å². The molecule has 2 aromatic heterocycles. The minimum absolute atomic E-state index is 0.222. The number of benzene rings is 1. The van der Waals surface area contributed by atoms with Crippen molar-refractivity contribution in [2.24, 2.45) is 0 Å². The van der Waals surface area contributed by atoms with Gasteiger partial charge in [0.2, 0.25) is 5.95 Å². The van der Waals surface area contributed by atoms with Gasteiger partial charge in [-0.3, -0.25) is 0 Å². The number of carbonyl (C=O) groups is 1. The van der Waals surface area contributed by atoms with Crippen LogP contribution in [0.5, 0.6) is 11.5 Å². The lowest BCUT2D eigenvalue weighted by molar-refractivity contribution is 0.0594. The number of carbonyl (C=O) groups excluding carboxylic acids is 1. The van der Waals surface area contributed by atoms with Crippen LogP contribution in [0.1, 0.15) is 42.7 Å². The predicted octanol–water partition coefficient (Wildman–Crippen LogP) is 3.61. The van der Waals surface area contributed by atoms with E-state index in [1.807, 2.05) is 42.9 Å². The smallest absolute Gasteiger partial charge is 0.356 e. The number of nitrogens with one attached hydrogen (secondary N) is 1. The molecule has 1 saturated heterocycles. The molecule has 0 spiro atoms. The van der Waals surface area contributed by atoms with E-state index in [4.69, 9.17) is 14.2 Å². The highest BCUT2D eigenvalue weighted by atomic mass is 16.5. The summed E-state index contributed by atoms with van der Waals surface area (Å²) < 4.78 is 19.0. The van der Waals surface area contributed by atoms with Crippen molar-refractivity contribution >= 4 is 11.9 Å². The van der Waals surface area contributed by atoms with Gasteiger partial charge in [0.1, 0.15) is 17.2 Å². The largest absolute Gasteiger partial charge is 0.492 e. The van der Waals surface area contributed by atoms with Gasteiger partial charge in [0.15, 0.2) is 5.69 Å². The molecule has 1 fully saturated rings. The number of rotatable bonds is 10. The number of nitrogens with zero attached hydrogens (tertiary/aromatic N) is 4. The van der Waals surface area contributed by atoms with Crippen molar-refractivity contribution in [1.29, 1.82) is 0 Å². The van der Waals surface area contributed by atoms with E-state index in [0.29, 0.717) is 25.7 Å². The zero-order chi connectivity index (χ0) is 24.6. The Morgan fingerprint density at radius 1 is 1.11 bits per heavy atom. The third-order valence-corrected chi connectivity index (χ3v) is 5.96. The van der Waals surface area contributed by atoms with Crippen molar-refractivity contribution in [3.05, 3.63) is 60.2 Å². The summed E-state index contributed by atoms with van der Waals surface area (Å²) in [6.45, 7) is 7.39. The molecule has 0 unspecified atom stereocenters. The van der Waals surface area contributed by atoms with E-state index >= 15 is 0 Å². The normalized spacial score (nSPS) is 13.9. The molecule has 186 valence electrons. The lowest BCUT2D eigenvalue weighted by Crippen LogP contribution is -2.43. The van der Waals surface area contributed by atoms with Crippen molar-refractivity contribution in [3.63, 3.8) is 0 Å². The fourth-order valence-corrected chi connectivity index (χ4v) is 4.38. The fourth-order valence-electron chi connectivity index (χ4n) is 4.38. The average molecular weight is 480 g/mol. The molecule has 4 rings (SSSR count). The number of hydrogen-bond acceptors (Lipinski definition) is 8. The zero-order valence-electron chi connectivity index (χ0n) is 20.6. The Morgan fingerprint density at radius 2 is 1.77 bits per heavy atom. The van der Waals surface area contributed by atoms with Crippen LogP contribution in [0.3, 0.4) is 0 Å². The quantitative estimate of drug-likeness (QED) is 0.441. The number of piperidine rings is 1. The molecule has 0 radical (unpaired) electrons. The summed E-state index contributed by atoms with van der Waals surface area (Å²) in [4.78, 5) is 23.4. The molecule has 35 heavy (non-hydrogen) atoms. The molecule has 9 nitrogen and oxygen atoms in total. The summed E-state index contributed by atoms with van der Waals surface area (Å²) in [5.41, 5.74) is 2.13. The Hall–Kier alpha value is -3.59. The average Bonchev–Trinajstić information content (AvgIpc) is 3.42. The maximum Gasteiger partial charge on any atom is 0.356 e. The zero-order valence-corrected chi connectivity index (χ0v) is 20.6.